The van der Waals surface area contributed by atoms with Crippen molar-refractivity contribution < 1.29 is 9.90 Å². The Labute approximate surface area is 87.4 Å². The molecule has 0 atom stereocenters. The van der Waals surface area contributed by atoms with Crippen LogP contribution in [0.4, 0.5) is 0 Å². The zero-order valence-electron chi connectivity index (χ0n) is 8.48. The molecule has 0 aliphatic carbocycles. The van der Waals surface area contributed by atoms with Gasteiger partial charge in [0.2, 0.25) is 0 Å². The van der Waals surface area contributed by atoms with Crippen LogP contribution in [0.5, 0.6) is 5.75 Å². The average molecular weight is 205 g/mol. The number of aromatic nitrogens is 1. The third-order valence-electron chi connectivity index (χ3n) is 1.75. The highest BCUT2D eigenvalue weighted by Crippen LogP contribution is 2.14. The molecule has 78 valence electrons. The van der Waals surface area contributed by atoms with Crippen molar-refractivity contribution in [2.24, 2.45) is 0 Å². The predicted molar refractivity (Wildman–Crippen MR) is 53.1 cm³/mol. The Kier molecular flexibility index (Phi) is 2.90. The summed E-state index contributed by atoms with van der Waals surface area (Å²) >= 11 is 0. The standard InChI is InChI=1S/C10H11N3O2/c1-10(2,6-11)13-9(15)7-3-4-12-5-8(7)14/h3-5,14H,1-2H3,(H,13,15). The number of carbonyl (C=O) groups is 1. The molecule has 1 rings (SSSR count). The van der Waals surface area contributed by atoms with E-state index in [-0.39, 0.29) is 11.3 Å². The minimum absolute atomic E-state index is 0.105. The highest BCUT2D eigenvalue weighted by molar-refractivity contribution is 5.97. The lowest BCUT2D eigenvalue weighted by atomic mass is 10.1. The van der Waals surface area contributed by atoms with Gasteiger partial charge in [0.1, 0.15) is 11.3 Å². The van der Waals surface area contributed by atoms with Gasteiger partial charge in [-0.05, 0) is 19.9 Å². The molecule has 5 heteroatoms. The van der Waals surface area contributed by atoms with Crippen molar-refractivity contribution in [1.29, 1.82) is 5.26 Å². The maximum absolute atomic E-state index is 11.6. The van der Waals surface area contributed by atoms with Crippen LogP contribution in [0.3, 0.4) is 0 Å². The summed E-state index contributed by atoms with van der Waals surface area (Å²) in [6.45, 7) is 3.15. The molecule has 0 aliphatic heterocycles. The number of rotatable bonds is 2. The van der Waals surface area contributed by atoms with Gasteiger partial charge in [0.05, 0.1) is 17.8 Å². The Hall–Kier alpha value is -2.09. The third-order valence-corrected chi connectivity index (χ3v) is 1.75. The summed E-state index contributed by atoms with van der Waals surface area (Å²) in [6.07, 6.45) is 2.57. The van der Waals surface area contributed by atoms with Gasteiger partial charge in [-0.3, -0.25) is 9.78 Å². The topological polar surface area (TPSA) is 86.0 Å². The highest BCUT2D eigenvalue weighted by Gasteiger charge is 2.21. The Morgan fingerprint density at radius 3 is 2.87 bits per heavy atom. The first-order chi connectivity index (χ1) is 6.96. The van der Waals surface area contributed by atoms with E-state index in [1.807, 2.05) is 6.07 Å². The zero-order valence-corrected chi connectivity index (χ0v) is 8.48. The molecule has 0 radical (unpaired) electrons. The van der Waals surface area contributed by atoms with E-state index in [9.17, 15) is 9.90 Å². The van der Waals surface area contributed by atoms with Gasteiger partial charge in [-0.2, -0.15) is 5.26 Å². The van der Waals surface area contributed by atoms with E-state index in [0.29, 0.717) is 0 Å². The minimum atomic E-state index is -0.965. The molecule has 0 aliphatic rings. The summed E-state index contributed by atoms with van der Waals surface area (Å²) in [4.78, 5) is 15.2. The fourth-order valence-electron chi connectivity index (χ4n) is 0.957. The fourth-order valence-corrected chi connectivity index (χ4v) is 0.957. The molecule has 0 bridgehead atoms. The van der Waals surface area contributed by atoms with E-state index >= 15 is 0 Å². The van der Waals surface area contributed by atoms with Gasteiger partial charge >= 0.3 is 0 Å². The Bertz CT molecular complexity index is 421. The quantitative estimate of drug-likeness (QED) is 0.748. The maximum Gasteiger partial charge on any atom is 0.256 e. The van der Waals surface area contributed by atoms with Crippen LogP contribution < -0.4 is 5.32 Å². The zero-order chi connectivity index (χ0) is 11.5. The summed E-state index contributed by atoms with van der Waals surface area (Å²) in [5.74, 6) is -0.704. The van der Waals surface area contributed by atoms with Gasteiger partial charge in [-0.1, -0.05) is 0 Å². The summed E-state index contributed by atoms with van der Waals surface area (Å²) in [5, 5.41) is 20.5. The highest BCUT2D eigenvalue weighted by atomic mass is 16.3. The number of hydrogen-bond acceptors (Lipinski definition) is 4. The number of nitriles is 1. The van der Waals surface area contributed by atoms with Crippen molar-refractivity contribution in [3.63, 3.8) is 0 Å². The number of nitrogens with zero attached hydrogens (tertiary/aromatic N) is 2. The van der Waals surface area contributed by atoms with Gasteiger partial charge in [0, 0.05) is 6.20 Å². The van der Waals surface area contributed by atoms with Crippen molar-refractivity contribution in [1.82, 2.24) is 10.3 Å². The average Bonchev–Trinajstić information content (AvgIpc) is 2.17. The SMILES string of the molecule is CC(C)(C#N)NC(=O)c1ccncc1O. The van der Waals surface area contributed by atoms with Crippen LogP contribution in [0.15, 0.2) is 18.5 Å². The molecule has 5 nitrogen and oxygen atoms in total. The van der Waals surface area contributed by atoms with Crippen LogP contribution in [0, 0.1) is 11.3 Å². The van der Waals surface area contributed by atoms with Gasteiger partial charge < -0.3 is 10.4 Å². The molecule has 1 heterocycles. The second-order valence-electron chi connectivity index (χ2n) is 3.58. The van der Waals surface area contributed by atoms with E-state index < -0.39 is 11.4 Å². The van der Waals surface area contributed by atoms with Crippen molar-refractivity contribution in [2.45, 2.75) is 19.4 Å². The predicted octanol–water partition coefficient (Wildman–Crippen LogP) is 0.819. The van der Waals surface area contributed by atoms with E-state index in [1.165, 1.54) is 18.5 Å². The Balaban J connectivity index is 2.89. The molecule has 1 amide bonds. The second kappa shape index (κ2) is 3.96. The lowest BCUT2D eigenvalue weighted by Crippen LogP contribution is -2.42. The molecule has 15 heavy (non-hydrogen) atoms. The first-order valence-corrected chi connectivity index (χ1v) is 4.33. The minimum Gasteiger partial charge on any atom is -0.505 e. The van der Waals surface area contributed by atoms with Gasteiger partial charge in [-0.25, -0.2) is 0 Å². The van der Waals surface area contributed by atoms with Gasteiger partial charge in [0.25, 0.3) is 5.91 Å². The monoisotopic (exact) mass is 205 g/mol. The summed E-state index contributed by atoms with van der Waals surface area (Å²) in [5.41, 5.74) is -0.861. The van der Waals surface area contributed by atoms with Crippen molar-refractivity contribution in [3.8, 4) is 11.8 Å². The summed E-state index contributed by atoms with van der Waals surface area (Å²) < 4.78 is 0. The van der Waals surface area contributed by atoms with E-state index in [1.54, 1.807) is 13.8 Å². The maximum atomic E-state index is 11.6. The number of hydrogen-bond donors (Lipinski definition) is 2. The molecule has 0 saturated carbocycles. The number of carbonyl (C=O) groups excluding carboxylic acids is 1. The lowest BCUT2D eigenvalue weighted by Gasteiger charge is -2.17. The molecule has 0 saturated heterocycles. The smallest absolute Gasteiger partial charge is 0.256 e. The van der Waals surface area contributed by atoms with Crippen LogP contribution in [-0.2, 0) is 0 Å². The normalized spacial score (nSPS) is 10.5. The van der Waals surface area contributed by atoms with Crippen LogP contribution in [-0.4, -0.2) is 21.5 Å². The van der Waals surface area contributed by atoms with Gasteiger partial charge in [-0.15, -0.1) is 0 Å². The van der Waals surface area contributed by atoms with Crippen LogP contribution in [0.2, 0.25) is 0 Å². The number of amides is 1. The van der Waals surface area contributed by atoms with Crippen LogP contribution in [0.25, 0.3) is 0 Å². The van der Waals surface area contributed by atoms with E-state index in [0.717, 1.165) is 0 Å². The molecule has 0 fully saturated rings. The molecular weight excluding hydrogens is 194 g/mol. The van der Waals surface area contributed by atoms with Crippen LogP contribution in [0.1, 0.15) is 24.2 Å². The molecule has 0 aromatic carbocycles. The largest absolute Gasteiger partial charge is 0.505 e. The van der Waals surface area contributed by atoms with E-state index in [2.05, 4.69) is 10.3 Å². The third kappa shape index (κ3) is 2.68. The first-order valence-electron chi connectivity index (χ1n) is 4.33. The molecule has 1 aromatic rings. The molecule has 0 unspecified atom stereocenters. The summed E-state index contributed by atoms with van der Waals surface area (Å²) in [7, 11) is 0. The Morgan fingerprint density at radius 2 is 2.33 bits per heavy atom. The molecule has 2 N–H and O–H groups in total. The molecule has 1 aromatic heterocycles. The number of aromatic hydroxyl groups is 1. The number of pyridine rings is 1. The second-order valence-corrected chi connectivity index (χ2v) is 3.58. The molecular formula is C10H11N3O2. The lowest BCUT2D eigenvalue weighted by molar-refractivity contribution is 0.0926. The molecule has 0 spiro atoms. The van der Waals surface area contributed by atoms with E-state index in [4.69, 9.17) is 5.26 Å². The van der Waals surface area contributed by atoms with Crippen LogP contribution >= 0.6 is 0 Å². The summed E-state index contributed by atoms with van der Waals surface area (Å²) in [6, 6.07) is 3.32. The first kappa shape index (κ1) is 11.0. The van der Waals surface area contributed by atoms with Crippen molar-refractivity contribution in [2.75, 3.05) is 0 Å². The Morgan fingerprint density at radius 1 is 1.67 bits per heavy atom. The fraction of sp³-hybridized carbons (Fsp3) is 0.300. The van der Waals surface area contributed by atoms with Crippen molar-refractivity contribution in [3.05, 3.63) is 24.0 Å². The van der Waals surface area contributed by atoms with Crippen molar-refractivity contribution >= 4 is 5.91 Å². The van der Waals surface area contributed by atoms with Gasteiger partial charge in [0.15, 0.2) is 0 Å². The number of nitrogens with one attached hydrogen (secondary N) is 1.